The van der Waals surface area contributed by atoms with Crippen molar-refractivity contribution in [3.63, 3.8) is 0 Å². The van der Waals surface area contributed by atoms with Gasteiger partial charge in [0, 0.05) is 20.8 Å². The lowest BCUT2D eigenvalue weighted by molar-refractivity contribution is 1.38. The van der Waals surface area contributed by atoms with Gasteiger partial charge in [-0.2, -0.15) is 0 Å². The zero-order chi connectivity index (χ0) is 9.84. The topological polar surface area (TPSA) is 50.4 Å². The van der Waals surface area contributed by atoms with Crippen LogP contribution in [0, 0.1) is 3.57 Å². The molecule has 1 aromatic rings. The molecule has 0 aliphatic rings. The van der Waals surface area contributed by atoms with Gasteiger partial charge in [0.25, 0.3) is 0 Å². The molecule has 0 aliphatic carbocycles. The van der Waals surface area contributed by atoms with Crippen LogP contribution < -0.4 is 11.1 Å². The molecule has 1 aromatic carbocycles. The zero-order valence-electron chi connectivity index (χ0n) is 7.01. The highest BCUT2D eigenvalue weighted by Crippen LogP contribution is 2.22. The summed E-state index contributed by atoms with van der Waals surface area (Å²) >= 11 is 5.68. The molecule has 0 spiro atoms. The Morgan fingerprint density at radius 3 is 2.85 bits per heavy atom. The molecule has 3 nitrogen and oxygen atoms in total. The van der Waals surface area contributed by atoms with Crippen molar-refractivity contribution in [2.45, 2.75) is 0 Å². The van der Waals surface area contributed by atoms with Crippen LogP contribution in [0.25, 0.3) is 0 Å². The van der Waals surface area contributed by atoms with Gasteiger partial charge in [-0.3, -0.25) is 4.99 Å². The average Bonchev–Trinajstić information content (AvgIpc) is 2.11. The molecule has 0 atom stereocenters. The van der Waals surface area contributed by atoms with Crippen LogP contribution >= 0.6 is 38.5 Å². The molecule has 0 bridgehead atoms. The van der Waals surface area contributed by atoms with Gasteiger partial charge in [-0.15, -0.1) is 0 Å². The van der Waals surface area contributed by atoms with Gasteiger partial charge in [0.1, 0.15) is 0 Å². The van der Waals surface area contributed by atoms with Gasteiger partial charge in [0.05, 0.1) is 0 Å². The molecule has 70 valence electrons. The van der Waals surface area contributed by atoms with E-state index in [9.17, 15) is 0 Å². The zero-order valence-corrected chi connectivity index (χ0v) is 10.8. The van der Waals surface area contributed by atoms with Crippen molar-refractivity contribution in [1.29, 1.82) is 0 Å². The standard InChI is InChI=1S/C8H9BrIN3/c1-12-8(11)13-5-2-3-7(10)6(9)4-5/h2-4H,1H3,(H3,11,12,13). The SMILES string of the molecule is CN=C(N)Nc1ccc(I)c(Br)c1. The number of nitrogens with one attached hydrogen (secondary N) is 1. The largest absolute Gasteiger partial charge is 0.370 e. The highest BCUT2D eigenvalue weighted by molar-refractivity contribution is 14.1. The smallest absolute Gasteiger partial charge is 0.192 e. The van der Waals surface area contributed by atoms with Crippen molar-refractivity contribution in [2.75, 3.05) is 12.4 Å². The predicted octanol–water partition coefficient (Wildman–Crippen LogP) is 2.41. The Kier molecular flexibility index (Phi) is 3.98. The third-order valence-corrected chi connectivity index (χ3v) is 3.77. The number of aliphatic imine (C=N–C) groups is 1. The van der Waals surface area contributed by atoms with E-state index >= 15 is 0 Å². The van der Waals surface area contributed by atoms with Crippen LogP contribution in [0.3, 0.4) is 0 Å². The van der Waals surface area contributed by atoms with Gasteiger partial charge in [-0.1, -0.05) is 0 Å². The molecule has 1 rings (SSSR count). The predicted molar refractivity (Wildman–Crippen MR) is 68.0 cm³/mol. The van der Waals surface area contributed by atoms with Crippen molar-refractivity contribution < 1.29 is 0 Å². The minimum Gasteiger partial charge on any atom is -0.370 e. The second kappa shape index (κ2) is 4.80. The molecule has 0 heterocycles. The van der Waals surface area contributed by atoms with Crippen molar-refractivity contribution in [1.82, 2.24) is 0 Å². The lowest BCUT2D eigenvalue weighted by Crippen LogP contribution is -2.21. The second-order valence-electron chi connectivity index (χ2n) is 2.36. The van der Waals surface area contributed by atoms with Crippen LogP contribution in [0.5, 0.6) is 0 Å². The normalized spacial score (nSPS) is 11.5. The molecule has 13 heavy (non-hydrogen) atoms. The van der Waals surface area contributed by atoms with Crippen LogP contribution in [-0.4, -0.2) is 13.0 Å². The Morgan fingerprint density at radius 2 is 2.31 bits per heavy atom. The molecule has 0 saturated heterocycles. The Hall–Kier alpha value is -0.300. The Labute approximate surface area is 99.1 Å². The third kappa shape index (κ3) is 3.15. The van der Waals surface area contributed by atoms with E-state index in [1.54, 1.807) is 7.05 Å². The summed E-state index contributed by atoms with van der Waals surface area (Å²) in [6.07, 6.45) is 0. The van der Waals surface area contributed by atoms with Crippen LogP contribution in [0.2, 0.25) is 0 Å². The highest BCUT2D eigenvalue weighted by atomic mass is 127. The third-order valence-electron chi connectivity index (χ3n) is 1.43. The summed E-state index contributed by atoms with van der Waals surface area (Å²) in [4.78, 5) is 3.80. The summed E-state index contributed by atoms with van der Waals surface area (Å²) in [6, 6.07) is 5.90. The molecule has 0 unspecified atom stereocenters. The number of guanidine groups is 1. The van der Waals surface area contributed by atoms with E-state index in [1.165, 1.54) is 0 Å². The van der Waals surface area contributed by atoms with E-state index < -0.39 is 0 Å². The van der Waals surface area contributed by atoms with Gasteiger partial charge in [-0.25, -0.2) is 0 Å². The molecule has 0 fully saturated rings. The van der Waals surface area contributed by atoms with Crippen molar-refractivity contribution in [3.05, 3.63) is 26.2 Å². The maximum absolute atomic E-state index is 5.51. The quantitative estimate of drug-likeness (QED) is 0.463. The molecule has 0 radical (unpaired) electrons. The number of nitrogens with zero attached hydrogens (tertiary/aromatic N) is 1. The maximum Gasteiger partial charge on any atom is 0.192 e. The minimum atomic E-state index is 0.410. The van der Waals surface area contributed by atoms with Crippen molar-refractivity contribution >= 4 is 50.2 Å². The Balaban J connectivity index is 2.86. The van der Waals surface area contributed by atoms with Gasteiger partial charge in [0.15, 0.2) is 5.96 Å². The summed E-state index contributed by atoms with van der Waals surface area (Å²) < 4.78 is 2.21. The summed E-state index contributed by atoms with van der Waals surface area (Å²) in [6.45, 7) is 0. The minimum absolute atomic E-state index is 0.410. The second-order valence-corrected chi connectivity index (χ2v) is 4.38. The summed E-state index contributed by atoms with van der Waals surface area (Å²) in [5, 5.41) is 2.95. The van der Waals surface area contributed by atoms with Crippen molar-refractivity contribution in [2.24, 2.45) is 10.7 Å². The van der Waals surface area contributed by atoms with Crippen molar-refractivity contribution in [3.8, 4) is 0 Å². The molecule has 0 aromatic heterocycles. The first-order valence-electron chi connectivity index (χ1n) is 3.58. The molecule has 3 N–H and O–H groups in total. The number of halogens is 2. The van der Waals surface area contributed by atoms with Gasteiger partial charge < -0.3 is 11.1 Å². The van der Waals surface area contributed by atoms with E-state index in [0.29, 0.717) is 5.96 Å². The van der Waals surface area contributed by atoms with Gasteiger partial charge in [-0.05, 0) is 56.7 Å². The number of anilines is 1. The number of hydrogen-bond acceptors (Lipinski definition) is 1. The first kappa shape index (κ1) is 10.8. The molecule has 5 heteroatoms. The Morgan fingerprint density at radius 1 is 1.62 bits per heavy atom. The number of nitrogens with two attached hydrogens (primary N) is 1. The van der Waals surface area contributed by atoms with Crippen LogP contribution in [0.1, 0.15) is 0 Å². The number of rotatable bonds is 1. The molecule has 0 aliphatic heterocycles. The molecule has 0 saturated carbocycles. The van der Waals surface area contributed by atoms with E-state index in [2.05, 4.69) is 48.8 Å². The van der Waals surface area contributed by atoms with Crippen LogP contribution in [0.4, 0.5) is 5.69 Å². The lowest BCUT2D eigenvalue weighted by atomic mass is 10.3. The van der Waals surface area contributed by atoms with E-state index in [-0.39, 0.29) is 0 Å². The lowest BCUT2D eigenvalue weighted by Gasteiger charge is -2.05. The molecular formula is C8H9BrIN3. The van der Waals surface area contributed by atoms with Gasteiger partial charge in [0.2, 0.25) is 0 Å². The average molecular weight is 354 g/mol. The van der Waals surface area contributed by atoms with E-state index in [0.717, 1.165) is 13.7 Å². The van der Waals surface area contributed by atoms with Crippen LogP contribution in [-0.2, 0) is 0 Å². The van der Waals surface area contributed by atoms with E-state index in [1.807, 2.05) is 18.2 Å². The summed E-state index contributed by atoms with van der Waals surface area (Å²) in [5.41, 5.74) is 6.44. The maximum atomic E-state index is 5.51. The fraction of sp³-hybridized carbons (Fsp3) is 0.125. The fourth-order valence-electron chi connectivity index (χ4n) is 0.778. The first-order chi connectivity index (χ1) is 6.13. The molecule has 0 amide bonds. The van der Waals surface area contributed by atoms with Crippen LogP contribution in [0.15, 0.2) is 27.7 Å². The highest BCUT2D eigenvalue weighted by Gasteiger charge is 1.98. The monoisotopic (exact) mass is 353 g/mol. The Bertz CT molecular complexity index is 338. The number of benzene rings is 1. The summed E-state index contributed by atoms with van der Waals surface area (Å²) in [5.74, 6) is 0.410. The van der Waals surface area contributed by atoms with Gasteiger partial charge >= 0.3 is 0 Å². The fourth-order valence-corrected chi connectivity index (χ4v) is 1.49. The summed E-state index contributed by atoms with van der Waals surface area (Å²) in [7, 11) is 1.64. The van der Waals surface area contributed by atoms with E-state index in [4.69, 9.17) is 5.73 Å². The first-order valence-corrected chi connectivity index (χ1v) is 5.45. The number of hydrogen-bond donors (Lipinski definition) is 2. The molecular weight excluding hydrogens is 345 g/mol.